The third-order valence-electron chi connectivity index (χ3n) is 3.62. The van der Waals surface area contributed by atoms with Crippen LogP contribution in [0.4, 0.5) is 11.6 Å². The zero-order valence-corrected chi connectivity index (χ0v) is 13.0. The number of anilines is 1. The van der Waals surface area contributed by atoms with Gasteiger partial charge >= 0.3 is 5.82 Å². The Morgan fingerprint density at radius 2 is 2.26 bits per heavy atom. The maximum Gasteiger partial charge on any atom is 0.373 e. The monoisotopic (exact) mass is 328 g/mol. The largest absolute Gasteiger partial charge is 0.459 e. The van der Waals surface area contributed by atoms with E-state index in [1.807, 2.05) is 30.3 Å². The van der Waals surface area contributed by atoms with Gasteiger partial charge in [0, 0.05) is 17.8 Å². The molecular formula is C15H12N4O3S. The Labute approximate surface area is 134 Å². The van der Waals surface area contributed by atoms with Gasteiger partial charge in [0.2, 0.25) is 5.82 Å². The zero-order chi connectivity index (χ0) is 16.0. The molecule has 0 atom stereocenters. The molecule has 1 aromatic carbocycles. The van der Waals surface area contributed by atoms with Crippen molar-refractivity contribution in [1.29, 1.82) is 0 Å². The summed E-state index contributed by atoms with van der Waals surface area (Å²) in [5.74, 6) is 1.04. The fourth-order valence-corrected chi connectivity index (χ4v) is 3.32. The molecule has 0 aliphatic rings. The molecule has 0 aliphatic carbocycles. The number of hydrogen-bond acceptors (Lipinski definition) is 6. The van der Waals surface area contributed by atoms with Gasteiger partial charge in [0.15, 0.2) is 0 Å². The summed E-state index contributed by atoms with van der Waals surface area (Å²) in [5.41, 5.74) is 0.802. The molecular weight excluding hydrogens is 316 g/mol. The van der Waals surface area contributed by atoms with Crippen molar-refractivity contribution in [3.8, 4) is 0 Å². The molecule has 0 saturated heterocycles. The number of rotatable bonds is 4. The van der Waals surface area contributed by atoms with Gasteiger partial charge in [-0.25, -0.2) is 0 Å². The Kier molecular flexibility index (Phi) is 3.05. The molecule has 0 saturated carbocycles. The maximum absolute atomic E-state index is 11.4. The van der Waals surface area contributed by atoms with Crippen LogP contribution in [0.2, 0.25) is 0 Å². The Morgan fingerprint density at radius 3 is 3.04 bits per heavy atom. The second-order valence-corrected chi connectivity index (χ2v) is 6.05. The summed E-state index contributed by atoms with van der Waals surface area (Å²) >= 11 is 1.36. The maximum atomic E-state index is 11.4. The SMILES string of the molecule is CN(Cc1cc2ccccc2o1)c1nc2sccn2c1[N+](=O)[O-]. The number of nitrogens with zero attached hydrogens (tertiary/aromatic N) is 4. The zero-order valence-electron chi connectivity index (χ0n) is 12.2. The lowest BCUT2D eigenvalue weighted by molar-refractivity contribution is -0.389. The third kappa shape index (κ3) is 2.23. The van der Waals surface area contributed by atoms with Crippen LogP contribution in [-0.2, 0) is 6.54 Å². The average molecular weight is 328 g/mol. The van der Waals surface area contributed by atoms with Crippen LogP contribution in [-0.4, -0.2) is 21.4 Å². The van der Waals surface area contributed by atoms with E-state index in [4.69, 9.17) is 4.42 Å². The fourth-order valence-electron chi connectivity index (χ4n) is 2.61. The Balaban J connectivity index is 1.71. The molecule has 0 radical (unpaired) electrons. The van der Waals surface area contributed by atoms with Crippen molar-refractivity contribution >= 4 is 38.9 Å². The van der Waals surface area contributed by atoms with Crippen LogP contribution in [0, 0.1) is 10.1 Å². The van der Waals surface area contributed by atoms with Crippen LogP contribution in [0.3, 0.4) is 0 Å². The number of nitro groups is 1. The molecule has 0 N–H and O–H groups in total. The van der Waals surface area contributed by atoms with Gasteiger partial charge in [-0.15, -0.1) is 0 Å². The minimum atomic E-state index is -0.406. The minimum Gasteiger partial charge on any atom is -0.459 e. The summed E-state index contributed by atoms with van der Waals surface area (Å²) in [5, 5.41) is 14.2. The molecule has 4 aromatic rings. The molecule has 116 valence electrons. The second-order valence-electron chi connectivity index (χ2n) is 5.18. The van der Waals surface area contributed by atoms with Gasteiger partial charge < -0.3 is 19.4 Å². The van der Waals surface area contributed by atoms with Crippen molar-refractivity contribution in [3.63, 3.8) is 0 Å². The Bertz CT molecular complexity index is 983. The number of para-hydroxylation sites is 1. The van der Waals surface area contributed by atoms with E-state index in [0.717, 1.165) is 16.7 Å². The highest BCUT2D eigenvalue weighted by Gasteiger charge is 2.26. The van der Waals surface area contributed by atoms with Crippen molar-refractivity contribution in [1.82, 2.24) is 9.38 Å². The summed E-state index contributed by atoms with van der Waals surface area (Å²) in [6.07, 6.45) is 1.66. The molecule has 0 unspecified atom stereocenters. The highest BCUT2D eigenvalue weighted by Crippen LogP contribution is 2.31. The smallest absolute Gasteiger partial charge is 0.373 e. The molecule has 7 nitrogen and oxygen atoms in total. The van der Waals surface area contributed by atoms with E-state index in [-0.39, 0.29) is 5.82 Å². The highest BCUT2D eigenvalue weighted by atomic mass is 32.1. The Morgan fingerprint density at radius 1 is 1.43 bits per heavy atom. The number of aromatic nitrogens is 2. The third-order valence-corrected chi connectivity index (χ3v) is 4.38. The molecule has 23 heavy (non-hydrogen) atoms. The number of furan rings is 1. The van der Waals surface area contributed by atoms with E-state index < -0.39 is 4.92 Å². The minimum absolute atomic E-state index is 0.0279. The van der Waals surface area contributed by atoms with Gasteiger partial charge in [-0.1, -0.05) is 29.5 Å². The lowest BCUT2D eigenvalue weighted by Crippen LogP contribution is -2.17. The van der Waals surface area contributed by atoms with Crippen LogP contribution in [0.1, 0.15) is 5.76 Å². The van der Waals surface area contributed by atoms with Gasteiger partial charge in [-0.05, 0) is 17.1 Å². The quantitative estimate of drug-likeness (QED) is 0.422. The number of hydrogen-bond donors (Lipinski definition) is 0. The predicted molar refractivity (Wildman–Crippen MR) is 88.0 cm³/mol. The van der Waals surface area contributed by atoms with Crippen LogP contribution < -0.4 is 4.90 Å². The molecule has 4 rings (SSSR count). The molecule has 3 heterocycles. The van der Waals surface area contributed by atoms with E-state index in [2.05, 4.69) is 4.98 Å². The molecule has 0 spiro atoms. The van der Waals surface area contributed by atoms with Gasteiger partial charge in [-0.3, -0.25) is 0 Å². The van der Waals surface area contributed by atoms with E-state index >= 15 is 0 Å². The Hall–Kier alpha value is -2.87. The summed E-state index contributed by atoms with van der Waals surface area (Å²) < 4.78 is 7.27. The highest BCUT2D eigenvalue weighted by molar-refractivity contribution is 7.15. The lowest BCUT2D eigenvalue weighted by Gasteiger charge is -2.13. The summed E-state index contributed by atoms with van der Waals surface area (Å²) in [7, 11) is 1.77. The van der Waals surface area contributed by atoms with Crippen molar-refractivity contribution in [3.05, 3.63) is 57.8 Å². The first kappa shape index (κ1) is 13.8. The first-order valence-corrected chi connectivity index (χ1v) is 7.80. The van der Waals surface area contributed by atoms with Crippen molar-refractivity contribution in [2.24, 2.45) is 0 Å². The van der Waals surface area contributed by atoms with E-state index in [1.165, 1.54) is 15.7 Å². The lowest BCUT2D eigenvalue weighted by atomic mass is 10.2. The molecule has 8 heteroatoms. The van der Waals surface area contributed by atoms with Crippen LogP contribution in [0.25, 0.3) is 15.9 Å². The van der Waals surface area contributed by atoms with Gasteiger partial charge in [0.1, 0.15) is 17.5 Å². The van der Waals surface area contributed by atoms with Gasteiger partial charge in [0.05, 0.1) is 6.54 Å². The summed E-state index contributed by atoms with van der Waals surface area (Å²) in [6, 6.07) is 9.66. The predicted octanol–water partition coefficient (Wildman–Crippen LogP) is 3.69. The first-order chi connectivity index (χ1) is 11.1. The standard InChI is InChI=1S/C15H12N4O3S/c1-17(9-11-8-10-4-2-3-5-12(10)22-11)13-14(19(20)21)18-6-7-23-15(18)16-13/h2-8H,9H2,1H3. The molecule has 0 aliphatic heterocycles. The number of benzene rings is 1. The topological polar surface area (TPSA) is 76.8 Å². The molecule has 0 fully saturated rings. The van der Waals surface area contributed by atoms with E-state index in [9.17, 15) is 10.1 Å². The van der Waals surface area contributed by atoms with E-state index in [1.54, 1.807) is 23.5 Å². The van der Waals surface area contributed by atoms with Crippen LogP contribution in [0.15, 0.2) is 46.3 Å². The van der Waals surface area contributed by atoms with Gasteiger partial charge in [-0.2, -0.15) is 9.38 Å². The molecule has 0 bridgehead atoms. The first-order valence-electron chi connectivity index (χ1n) is 6.92. The average Bonchev–Trinajstić information content (AvgIpc) is 3.18. The van der Waals surface area contributed by atoms with Crippen molar-refractivity contribution in [2.75, 3.05) is 11.9 Å². The van der Waals surface area contributed by atoms with Crippen molar-refractivity contribution in [2.45, 2.75) is 6.54 Å². The van der Waals surface area contributed by atoms with Crippen LogP contribution in [0.5, 0.6) is 0 Å². The van der Waals surface area contributed by atoms with Gasteiger partial charge in [0.25, 0.3) is 4.96 Å². The van der Waals surface area contributed by atoms with Crippen molar-refractivity contribution < 1.29 is 9.34 Å². The number of thiazole rings is 1. The molecule has 3 aromatic heterocycles. The summed E-state index contributed by atoms with van der Waals surface area (Å²) in [6.45, 7) is 0.403. The normalized spacial score (nSPS) is 11.3. The molecule has 0 amide bonds. The fraction of sp³-hybridized carbons (Fsp3) is 0.133. The number of imidazole rings is 1. The summed E-state index contributed by atoms with van der Waals surface area (Å²) in [4.78, 5) is 17.7. The second kappa shape index (κ2) is 5.10. The van der Waals surface area contributed by atoms with Crippen LogP contribution >= 0.6 is 11.3 Å². The van der Waals surface area contributed by atoms with E-state index in [0.29, 0.717) is 17.3 Å². The number of fused-ring (bicyclic) bond motifs is 2.